The number of methoxy groups -OCH3 is 1. The molecule has 102 valence electrons. The Hall–Kier alpha value is -1.72. The average molecular weight is 262 g/mol. The molecule has 19 heavy (non-hydrogen) atoms. The van der Waals surface area contributed by atoms with Crippen molar-refractivity contribution in [3.63, 3.8) is 0 Å². The highest BCUT2D eigenvalue weighted by molar-refractivity contribution is 5.20. The zero-order valence-electron chi connectivity index (χ0n) is 11.3. The molecule has 3 atom stereocenters. The Labute approximate surface area is 112 Å². The Morgan fingerprint density at radius 1 is 1.21 bits per heavy atom. The predicted molar refractivity (Wildman–Crippen MR) is 69.5 cm³/mol. The highest BCUT2D eigenvalue weighted by Crippen LogP contribution is 2.29. The second kappa shape index (κ2) is 5.95. The smallest absolute Gasteiger partial charge is 0.232 e. The molecule has 2 aromatic rings. The molecule has 3 unspecified atom stereocenters. The van der Waals surface area contributed by atoms with E-state index in [1.54, 1.807) is 7.11 Å². The van der Waals surface area contributed by atoms with Gasteiger partial charge in [-0.1, -0.05) is 42.4 Å². The lowest BCUT2D eigenvalue weighted by molar-refractivity contribution is 0.109. The van der Waals surface area contributed by atoms with Crippen LogP contribution in [-0.2, 0) is 4.74 Å². The molecular formula is C14H18N2O3. The highest BCUT2D eigenvalue weighted by atomic mass is 16.5. The van der Waals surface area contributed by atoms with E-state index in [0.717, 1.165) is 5.56 Å². The summed E-state index contributed by atoms with van der Waals surface area (Å²) in [5.74, 6) is 0.632. The van der Waals surface area contributed by atoms with Crippen molar-refractivity contribution in [2.75, 3.05) is 7.11 Å². The Morgan fingerprint density at radius 3 is 2.53 bits per heavy atom. The van der Waals surface area contributed by atoms with Gasteiger partial charge in [0.25, 0.3) is 0 Å². The summed E-state index contributed by atoms with van der Waals surface area (Å²) in [6, 6.07) is 9.42. The lowest BCUT2D eigenvalue weighted by atomic mass is 9.97. The van der Waals surface area contributed by atoms with Crippen LogP contribution in [-0.4, -0.2) is 22.4 Å². The largest absolute Gasteiger partial charge is 0.388 e. The molecule has 0 saturated heterocycles. The van der Waals surface area contributed by atoms with E-state index in [1.807, 2.05) is 44.2 Å². The molecule has 0 aliphatic heterocycles. The maximum absolute atomic E-state index is 10.3. The third kappa shape index (κ3) is 3.00. The van der Waals surface area contributed by atoms with Crippen LogP contribution in [0.25, 0.3) is 0 Å². The van der Waals surface area contributed by atoms with Crippen molar-refractivity contribution in [2.24, 2.45) is 0 Å². The zero-order valence-corrected chi connectivity index (χ0v) is 11.3. The van der Waals surface area contributed by atoms with Gasteiger partial charge in [0.15, 0.2) is 5.82 Å². The topological polar surface area (TPSA) is 68.4 Å². The second-order valence-corrected chi connectivity index (χ2v) is 4.51. The van der Waals surface area contributed by atoms with Crippen LogP contribution in [0.3, 0.4) is 0 Å². The van der Waals surface area contributed by atoms with E-state index in [4.69, 9.17) is 9.26 Å². The zero-order chi connectivity index (χ0) is 13.8. The molecular weight excluding hydrogens is 244 g/mol. The minimum Gasteiger partial charge on any atom is -0.388 e. The molecule has 0 saturated carbocycles. The summed E-state index contributed by atoms with van der Waals surface area (Å²) in [6.07, 6.45) is -0.897. The first-order valence-corrected chi connectivity index (χ1v) is 6.22. The fourth-order valence-corrected chi connectivity index (χ4v) is 1.78. The minimum atomic E-state index is -0.674. The SMILES string of the molecule is COC(C)c1noc(C(C)C(O)c2ccccc2)n1. The van der Waals surface area contributed by atoms with E-state index < -0.39 is 6.10 Å². The van der Waals surface area contributed by atoms with E-state index in [0.29, 0.717) is 11.7 Å². The molecule has 1 N–H and O–H groups in total. The molecule has 0 amide bonds. The van der Waals surface area contributed by atoms with E-state index in [-0.39, 0.29) is 12.0 Å². The van der Waals surface area contributed by atoms with Crippen LogP contribution in [0.2, 0.25) is 0 Å². The molecule has 1 aromatic heterocycles. The predicted octanol–water partition coefficient (Wildman–Crippen LogP) is 2.61. The quantitative estimate of drug-likeness (QED) is 0.897. The van der Waals surface area contributed by atoms with Crippen LogP contribution in [0.4, 0.5) is 0 Å². The van der Waals surface area contributed by atoms with Crippen LogP contribution >= 0.6 is 0 Å². The summed E-state index contributed by atoms with van der Waals surface area (Å²) in [5, 5.41) is 14.2. The molecule has 2 rings (SSSR count). The van der Waals surface area contributed by atoms with Crippen LogP contribution in [0.1, 0.15) is 49.3 Å². The maximum Gasteiger partial charge on any atom is 0.232 e. The number of rotatable bonds is 5. The van der Waals surface area contributed by atoms with Gasteiger partial charge in [-0.25, -0.2) is 0 Å². The summed E-state index contributed by atoms with van der Waals surface area (Å²) < 4.78 is 10.3. The molecule has 5 heteroatoms. The number of aliphatic hydroxyl groups is 1. The molecule has 0 radical (unpaired) electrons. The van der Waals surface area contributed by atoms with Gasteiger partial charge in [0.1, 0.15) is 6.10 Å². The van der Waals surface area contributed by atoms with Crippen molar-refractivity contribution in [3.05, 3.63) is 47.6 Å². The number of aromatic nitrogens is 2. The van der Waals surface area contributed by atoms with Crippen molar-refractivity contribution in [1.29, 1.82) is 0 Å². The van der Waals surface area contributed by atoms with Gasteiger partial charge >= 0.3 is 0 Å². The van der Waals surface area contributed by atoms with Crippen LogP contribution in [0.5, 0.6) is 0 Å². The monoisotopic (exact) mass is 262 g/mol. The van der Waals surface area contributed by atoms with E-state index in [2.05, 4.69) is 10.1 Å². The summed E-state index contributed by atoms with van der Waals surface area (Å²) in [5.41, 5.74) is 0.828. The Morgan fingerprint density at radius 2 is 1.89 bits per heavy atom. The second-order valence-electron chi connectivity index (χ2n) is 4.51. The van der Waals surface area contributed by atoms with E-state index >= 15 is 0 Å². The third-order valence-corrected chi connectivity index (χ3v) is 3.18. The Kier molecular flexibility index (Phi) is 4.29. The Bertz CT molecular complexity index is 512. The molecule has 0 aliphatic rings. The first-order chi connectivity index (χ1) is 9.13. The van der Waals surface area contributed by atoms with Gasteiger partial charge in [0.05, 0.1) is 12.0 Å². The number of hydrogen-bond donors (Lipinski definition) is 1. The number of benzene rings is 1. The fourth-order valence-electron chi connectivity index (χ4n) is 1.78. The van der Waals surface area contributed by atoms with Crippen molar-refractivity contribution < 1.29 is 14.4 Å². The summed E-state index contributed by atoms with van der Waals surface area (Å²) in [6.45, 7) is 3.69. The summed E-state index contributed by atoms with van der Waals surface area (Å²) in [7, 11) is 1.59. The van der Waals surface area contributed by atoms with Crippen molar-refractivity contribution in [2.45, 2.75) is 32.0 Å². The van der Waals surface area contributed by atoms with Gasteiger partial charge in [-0.05, 0) is 12.5 Å². The molecule has 0 spiro atoms. The molecule has 0 fully saturated rings. The Balaban J connectivity index is 2.15. The van der Waals surface area contributed by atoms with Gasteiger partial charge < -0.3 is 14.4 Å². The molecule has 5 nitrogen and oxygen atoms in total. The molecule has 0 aliphatic carbocycles. The van der Waals surface area contributed by atoms with Gasteiger partial charge in [-0.2, -0.15) is 4.98 Å². The van der Waals surface area contributed by atoms with E-state index in [1.165, 1.54) is 0 Å². The average Bonchev–Trinajstić information content (AvgIpc) is 2.95. The van der Waals surface area contributed by atoms with Gasteiger partial charge in [-0.15, -0.1) is 0 Å². The number of nitrogens with zero attached hydrogens (tertiary/aromatic N) is 2. The third-order valence-electron chi connectivity index (χ3n) is 3.18. The summed E-state index contributed by atoms with van der Waals surface area (Å²) >= 11 is 0. The van der Waals surface area contributed by atoms with Gasteiger partial charge in [0.2, 0.25) is 5.89 Å². The molecule has 1 aromatic carbocycles. The normalized spacial score (nSPS) is 16.0. The molecule has 1 heterocycles. The van der Waals surface area contributed by atoms with Crippen molar-refractivity contribution in [3.8, 4) is 0 Å². The summed E-state index contributed by atoms with van der Waals surface area (Å²) in [4.78, 5) is 4.26. The van der Waals surface area contributed by atoms with Crippen LogP contribution < -0.4 is 0 Å². The van der Waals surface area contributed by atoms with Crippen molar-refractivity contribution >= 4 is 0 Å². The van der Waals surface area contributed by atoms with Gasteiger partial charge in [0, 0.05) is 7.11 Å². The number of ether oxygens (including phenoxy) is 1. The number of aliphatic hydroxyl groups excluding tert-OH is 1. The van der Waals surface area contributed by atoms with E-state index in [9.17, 15) is 5.11 Å². The first kappa shape index (κ1) is 13.7. The minimum absolute atomic E-state index is 0.224. The maximum atomic E-state index is 10.3. The molecule has 0 bridgehead atoms. The van der Waals surface area contributed by atoms with Crippen LogP contribution in [0, 0.1) is 0 Å². The fraction of sp³-hybridized carbons (Fsp3) is 0.429. The lowest BCUT2D eigenvalue weighted by Crippen LogP contribution is -2.08. The lowest BCUT2D eigenvalue weighted by Gasteiger charge is -2.15. The van der Waals surface area contributed by atoms with Crippen LogP contribution in [0.15, 0.2) is 34.9 Å². The standard InChI is InChI=1S/C14H18N2O3/c1-9(12(17)11-7-5-4-6-8-11)14-15-13(16-19-14)10(2)18-3/h4-10,12,17H,1-3H3. The highest BCUT2D eigenvalue weighted by Gasteiger charge is 2.24. The number of hydrogen-bond acceptors (Lipinski definition) is 5. The van der Waals surface area contributed by atoms with Gasteiger partial charge in [-0.3, -0.25) is 0 Å². The van der Waals surface area contributed by atoms with Crippen molar-refractivity contribution in [1.82, 2.24) is 10.1 Å². The first-order valence-electron chi connectivity index (χ1n) is 6.22.